The normalized spacial score (nSPS) is 17.0. The summed E-state index contributed by atoms with van der Waals surface area (Å²) in [5.74, 6) is -0.0833. The molecule has 1 aliphatic rings. The quantitative estimate of drug-likeness (QED) is 0.918. The van der Waals surface area contributed by atoms with Crippen LogP contribution in [0.4, 0.5) is 0 Å². The van der Waals surface area contributed by atoms with E-state index in [1.54, 1.807) is 0 Å². The molecule has 4 heteroatoms. The van der Waals surface area contributed by atoms with Crippen LogP contribution in [0.15, 0.2) is 48.5 Å². The lowest BCUT2D eigenvalue weighted by molar-refractivity contribution is -0.126. The van der Waals surface area contributed by atoms with E-state index >= 15 is 0 Å². The third-order valence-electron chi connectivity index (χ3n) is 4.93. The molecule has 2 aromatic carbocycles. The Kier molecular flexibility index (Phi) is 5.71. The van der Waals surface area contributed by atoms with Crippen molar-refractivity contribution >= 4 is 11.8 Å². The molecule has 1 heterocycles. The van der Waals surface area contributed by atoms with Gasteiger partial charge in [0.2, 0.25) is 5.91 Å². The Morgan fingerprint density at radius 1 is 1.08 bits per heavy atom. The highest BCUT2D eigenvalue weighted by atomic mass is 16.2. The molecule has 3 rings (SSSR count). The second-order valence-corrected chi connectivity index (χ2v) is 7.16. The van der Waals surface area contributed by atoms with Gasteiger partial charge in [-0.3, -0.25) is 9.59 Å². The van der Waals surface area contributed by atoms with Crippen LogP contribution in [-0.2, 0) is 11.3 Å². The number of hydrogen-bond acceptors (Lipinski definition) is 2. The summed E-state index contributed by atoms with van der Waals surface area (Å²) in [6, 6.07) is 15.8. The van der Waals surface area contributed by atoms with E-state index in [2.05, 4.69) is 5.32 Å². The molecule has 1 saturated heterocycles. The predicted molar refractivity (Wildman–Crippen MR) is 103 cm³/mol. The smallest absolute Gasteiger partial charge is 0.253 e. The van der Waals surface area contributed by atoms with Crippen LogP contribution in [0.1, 0.15) is 39.9 Å². The van der Waals surface area contributed by atoms with Crippen LogP contribution in [-0.4, -0.2) is 29.8 Å². The number of benzene rings is 2. The highest BCUT2D eigenvalue weighted by molar-refractivity contribution is 5.95. The maximum Gasteiger partial charge on any atom is 0.253 e. The summed E-state index contributed by atoms with van der Waals surface area (Å²) in [6.45, 7) is 5.76. The fourth-order valence-electron chi connectivity index (χ4n) is 3.38. The maximum absolute atomic E-state index is 12.7. The van der Waals surface area contributed by atoms with E-state index < -0.39 is 0 Å². The third kappa shape index (κ3) is 4.51. The van der Waals surface area contributed by atoms with Crippen molar-refractivity contribution in [2.45, 2.75) is 33.2 Å². The van der Waals surface area contributed by atoms with Crippen molar-refractivity contribution in [3.05, 3.63) is 70.8 Å². The van der Waals surface area contributed by atoms with Gasteiger partial charge in [-0.15, -0.1) is 0 Å². The highest BCUT2D eigenvalue weighted by Crippen LogP contribution is 2.19. The zero-order chi connectivity index (χ0) is 18.5. The second kappa shape index (κ2) is 8.17. The largest absolute Gasteiger partial charge is 0.352 e. The summed E-state index contributed by atoms with van der Waals surface area (Å²) in [7, 11) is 0. The summed E-state index contributed by atoms with van der Waals surface area (Å²) < 4.78 is 0. The molecule has 136 valence electrons. The Bertz CT molecular complexity index is 783. The van der Waals surface area contributed by atoms with E-state index in [0.29, 0.717) is 25.2 Å². The molecule has 0 radical (unpaired) electrons. The van der Waals surface area contributed by atoms with Gasteiger partial charge < -0.3 is 10.2 Å². The lowest BCUT2D eigenvalue weighted by Gasteiger charge is -2.32. The second-order valence-electron chi connectivity index (χ2n) is 7.16. The van der Waals surface area contributed by atoms with Gasteiger partial charge in [0.25, 0.3) is 5.91 Å². The minimum absolute atomic E-state index is 0.0183. The number of aryl methyl sites for hydroxylation is 2. The molecule has 0 spiro atoms. The number of hydrogen-bond donors (Lipinski definition) is 1. The molecule has 1 aliphatic heterocycles. The Hall–Kier alpha value is -2.62. The highest BCUT2D eigenvalue weighted by Gasteiger charge is 2.28. The molecule has 1 fully saturated rings. The number of carbonyl (C=O) groups excluding carboxylic acids is 2. The van der Waals surface area contributed by atoms with Gasteiger partial charge in [-0.2, -0.15) is 0 Å². The van der Waals surface area contributed by atoms with Crippen LogP contribution in [0.25, 0.3) is 0 Å². The first-order chi connectivity index (χ1) is 12.5. The Morgan fingerprint density at radius 3 is 2.58 bits per heavy atom. The number of likely N-dealkylation sites (tertiary alicyclic amines) is 1. The number of rotatable bonds is 4. The van der Waals surface area contributed by atoms with E-state index in [-0.39, 0.29) is 17.7 Å². The van der Waals surface area contributed by atoms with E-state index in [1.165, 1.54) is 5.56 Å². The monoisotopic (exact) mass is 350 g/mol. The van der Waals surface area contributed by atoms with Crippen molar-refractivity contribution in [1.82, 2.24) is 10.2 Å². The van der Waals surface area contributed by atoms with Crippen LogP contribution in [0, 0.1) is 19.8 Å². The first-order valence-electron chi connectivity index (χ1n) is 9.22. The van der Waals surface area contributed by atoms with E-state index in [0.717, 1.165) is 24.0 Å². The maximum atomic E-state index is 12.7. The molecular formula is C22H26N2O2. The van der Waals surface area contributed by atoms with Gasteiger partial charge in [-0.25, -0.2) is 0 Å². The Morgan fingerprint density at radius 2 is 1.85 bits per heavy atom. The summed E-state index contributed by atoms with van der Waals surface area (Å²) in [6.07, 6.45) is 1.69. The van der Waals surface area contributed by atoms with Crippen LogP contribution in [0.3, 0.4) is 0 Å². The summed E-state index contributed by atoms with van der Waals surface area (Å²) >= 11 is 0. The summed E-state index contributed by atoms with van der Waals surface area (Å²) in [5.41, 5.74) is 4.07. The van der Waals surface area contributed by atoms with E-state index in [1.807, 2.05) is 67.3 Å². The number of nitrogens with zero attached hydrogens (tertiary/aromatic N) is 1. The van der Waals surface area contributed by atoms with Crippen molar-refractivity contribution in [3.63, 3.8) is 0 Å². The summed E-state index contributed by atoms with van der Waals surface area (Å²) in [5, 5.41) is 3.02. The standard InChI is InChI=1S/C22H26N2O2/c1-16-8-10-18(11-9-16)14-23-21(25)20-7-4-12-24(15-20)22(26)19-6-3-5-17(2)13-19/h3,5-6,8-11,13,20H,4,7,12,14-15H2,1-2H3,(H,23,25)/t20-/m0/s1. The molecule has 1 N–H and O–H groups in total. The molecule has 0 aromatic heterocycles. The van der Waals surface area contributed by atoms with Gasteiger partial charge in [0.15, 0.2) is 0 Å². The molecule has 2 aromatic rings. The molecule has 2 amide bonds. The van der Waals surface area contributed by atoms with Gasteiger partial charge in [-0.05, 0) is 44.4 Å². The fourth-order valence-corrected chi connectivity index (χ4v) is 3.38. The average molecular weight is 350 g/mol. The van der Waals surface area contributed by atoms with Crippen LogP contribution in [0.5, 0.6) is 0 Å². The van der Waals surface area contributed by atoms with Crippen LogP contribution >= 0.6 is 0 Å². The lowest BCUT2D eigenvalue weighted by atomic mass is 9.96. The minimum atomic E-state index is -0.136. The van der Waals surface area contributed by atoms with Crippen molar-refractivity contribution < 1.29 is 9.59 Å². The number of piperidine rings is 1. The van der Waals surface area contributed by atoms with Gasteiger partial charge in [-0.1, -0.05) is 47.5 Å². The number of amides is 2. The van der Waals surface area contributed by atoms with E-state index in [4.69, 9.17) is 0 Å². The molecule has 0 bridgehead atoms. The Balaban J connectivity index is 1.58. The van der Waals surface area contributed by atoms with Crippen molar-refractivity contribution in [1.29, 1.82) is 0 Å². The van der Waals surface area contributed by atoms with Crippen molar-refractivity contribution in [3.8, 4) is 0 Å². The summed E-state index contributed by atoms with van der Waals surface area (Å²) in [4.78, 5) is 27.1. The van der Waals surface area contributed by atoms with Gasteiger partial charge in [0, 0.05) is 25.2 Å². The minimum Gasteiger partial charge on any atom is -0.352 e. The molecule has 1 atom stereocenters. The van der Waals surface area contributed by atoms with Crippen LogP contribution in [0.2, 0.25) is 0 Å². The molecule has 0 aliphatic carbocycles. The van der Waals surface area contributed by atoms with Gasteiger partial charge in [0.1, 0.15) is 0 Å². The van der Waals surface area contributed by atoms with E-state index in [9.17, 15) is 9.59 Å². The SMILES string of the molecule is Cc1ccc(CNC(=O)[C@H]2CCCN(C(=O)c3cccc(C)c3)C2)cc1. The molecule has 4 nitrogen and oxygen atoms in total. The lowest BCUT2D eigenvalue weighted by Crippen LogP contribution is -2.45. The molecule has 0 saturated carbocycles. The van der Waals surface area contributed by atoms with Crippen molar-refractivity contribution in [2.24, 2.45) is 5.92 Å². The number of carbonyl (C=O) groups is 2. The van der Waals surface area contributed by atoms with Gasteiger partial charge >= 0.3 is 0 Å². The van der Waals surface area contributed by atoms with Crippen LogP contribution < -0.4 is 5.32 Å². The Labute approximate surface area is 155 Å². The zero-order valence-electron chi connectivity index (χ0n) is 15.5. The number of nitrogens with one attached hydrogen (secondary N) is 1. The molecule has 0 unspecified atom stereocenters. The zero-order valence-corrected chi connectivity index (χ0v) is 15.5. The first kappa shape index (κ1) is 18.2. The van der Waals surface area contributed by atoms with Gasteiger partial charge in [0.05, 0.1) is 5.92 Å². The fraction of sp³-hybridized carbons (Fsp3) is 0.364. The molecular weight excluding hydrogens is 324 g/mol. The first-order valence-corrected chi connectivity index (χ1v) is 9.22. The van der Waals surface area contributed by atoms with Crippen molar-refractivity contribution in [2.75, 3.05) is 13.1 Å². The average Bonchev–Trinajstić information content (AvgIpc) is 2.67. The predicted octanol–water partition coefficient (Wildman–Crippen LogP) is 3.47. The molecule has 26 heavy (non-hydrogen) atoms. The third-order valence-corrected chi connectivity index (χ3v) is 4.93. The topological polar surface area (TPSA) is 49.4 Å².